The normalized spacial score (nSPS) is 13.6. The summed E-state index contributed by atoms with van der Waals surface area (Å²) < 4.78 is 2.13. The first-order chi connectivity index (χ1) is 9.77. The number of fused-ring (bicyclic) bond motifs is 1. The minimum absolute atomic E-state index is 0.0295. The summed E-state index contributed by atoms with van der Waals surface area (Å²) >= 11 is 0. The van der Waals surface area contributed by atoms with Crippen LogP contribution >= 0.6 is 0 Å². The van der Waals surface area contributed by atoms with Crippen molar-refractivity contribution in [3.05, 3.63) is 29.6 Å². The maximum absolute atomic E-state index is 11.6. The van der Waals surface area contributed by atoms with E-state index in [1.165, 1.54) is 0 Å². The molecule has 2 rings (SSSR count). The lowest BCUT2D eigenvalue weighted by atomic mass is 9.87. The van der Waals surface area contributed by atoms with E-state index in [4.69, 9.17) is 0 Å². The Morgan fingerprint density at radius 2 is 2.05 bits per heavy atom. The van der Waals surface area contributed by atoms with Crippen LogP contribution in [0.25, 0.3) is 11.0 Å². The quantitative estimate of drug-likeness (QED) is 0.912. The van der Waals surface area contributed by atoms with Gasteiger partial charge in [-0.3, -0.25) is 0 Å². The van der Waals surface area contributed by atoms with E-state index in [2.05, 4.69) is 44.2 Å². The van der Waals surface area contributed by atoms with Gasteiger partial charge in [0.2, 0.25) is 0 Å². The van der Waals surface area contributed by atoms with Gasteiger partial charge in [-0.2, -0.15) is 0 Å². The number of benzene rings is 1. The molecule has 1 aromatic carbocycles. The molecule has 0 bridgehead atoms. The molecule has 114 valence electrons. The van der Waals surface area contributed by atoms with E-state index in [0.29, 0.717) is 5.56 Å². The van der Waals surface area contributed by atoms with Gasteiger partial charge in [0.25, 0.3) is 0 Å². The number of carboxylic acid groups (broad SMARTS) is 1. The van der Waals surface area contributed by atoms with Crippen LogP contribution < -0.4 is 0 Å². The van der Waals surface area contributed by atoms with Crippen LogP contribution in [0.5, 0.6) is 0 Å². The van der Waals surface area contributed by atoms with Crippen LogP contribution in [0.4, 0.5) is 0 Å². The third kappa shape index (κ3) is 2.80. The summed E-state index contributed by atoms with van der Waals surface area (Å²) in [5, 5.41) is 9.49. The number of nitrogens with zero attached hydrogens (tertiary/aromatic N) is 2. The van der Waals surface area contributed by atoms with Crippen LogP contribution in [0.1, 0.15) is 63.3 Å². The Bertz CT molecular complexity index is 665. The monoisotopic (exact) mass is 288 g/mol. The van der Waals surface area contributed by atoms with Gasteiger partial charge in [-0.1, -0.05) is 33.8 Å². The van der Waals surface area contributed by atoms with E-state index in [1.807, 2.05) is 6.07 Å². The van der Waals surface area contributed by atoms with Gasteiger partial charge in [-0.25, -0.2) is 9.78 Å². The van der Waals surface area contributed by atoms with E-state index >= 15 is 0 Å². The van der Waals surface area contributed by atoms with Gasteiger partial charge in [-0.15, -0.1) is 0 Å². The smallest absolute Gasteiger partial charge is 0.337 e. The molecule has 0 aliphatic rings. The van der Waals surface area contributed by atoms with Gasteiger partial charge in [-0.05, 0) is 30.9 Å². The fourth-order valence-corrected chi connectivity index (χ4v) is 2.57. The second kappa shape index (κ2) is 5.51. The van der Waals surface area contributed by atoms with Crippen molar-refractivity contribution in [2.45, 2.75) is 53.5 Å². The van der Waals surface area contributed by atoms with Crippen molar-refractivity contribution < 1.29 is 9.90 Å². The standard InChI is InChI=1S/C17H24N2O2/c1-6-8-14-18-13-10-7-9-12(16(20)21)15(13)19(14)11(2)17(3,4)5/h7,9-11H,6,8H2,1-5H3,(H,20,21). The molecule has 0 fully saturated rings. The Kier molecular flexibility index (Phi) is 4.08. The Balaban J connectivity index is 2.80. The number of para-hydroxylation sites is 1. The van der Waals surface area contributed by atoms with E-state index in [0.717, 1.165) is 29.7 Å². The molecule has 2 aromatic rings. The van der Waals surface area contributed by atoms with Gasteiger partial charge >= 0.3 is 5.97 Å². The zero-order valence-electron chi connectivity index (χ0n) is 13.5. The number of hydrogen-bond acceptors (Lipinski definition) is 2. The molecule has 0 aliphatic heterocycles. The summed E-state index contributed by atoms with van der Waals surface area (Å²) in [7, 11) is 0. The van der Waals surface area contributed by atoms with Crippen LogP contribution in [0.2, 0.25) is 0 Å². The average Bonchev–Trinajstić information content (AvgIpc) is 2.74. The van der Waals surface area contributed by atoms with E-state index < -0.39 is 5.97 Å². The highest BCUT2D eigenvalue weighted by atomic mass is 16.4. The molecule has 1 aromatic heterocycles. The zero-order valence-corrected chi connectivity index (χ0v) is 13.5. The molecule has 0 saturated heterocycles. The van der Waals surface area contributed by atoms with Crippen molar-refractivity contribution in [1.82, 2.24) is 9.55 Å². The Labute approximate surface area is 125 Å². The van der Waals surface area contributed by atoms with E-state index in [9.17, 15) is 9.90 Å². The molecule has 4 heteroatoms. The van der Waals surface area contributed by atoms with Crippen LogP contribution in [0, 0.1) is 5.41 Å². The fourth-order valence-electron chi connectivity index (χ4n) is 2.57. The van der Waals surface area contributed by atoms with E-state index in [1.54, 1.807) is 12.1 Å². The summed E-state index contributed by atoms with van der Waals surface area (Å²) in [4.78, 5) is 16.2. The molecule has 0 saturated carbocycles. The fraction of sp³-hybridized carbons (Fsp3) is 0.529. The Hall–Kier alpha value is -1.84. The topological polar surface area (TPSA) is 55.1 Å². The first-order valence-electron chi connectivity index (χ1n) is 7.50. The number of carboxylic acids is 1. The number of rotatable bonds is 4. The van der Waals surface area contributed by atoms with Crippen LogP contribution in [0.15, 0.2) is 18.2 Å². The molecule has 1 heterocycles. The highest BCUT2D eigenvalue weighted by molar-refractivity contribution is 6.01. The number of aryl methyl sites for hydroxylation is 1. The van der Waals surface area contributed by atoms with Gasteiger partial charge in [0, 0.05) is 12.5 Å². The third-order valence-electron chi connectivity index (χ3n) is 4.13. The van der Waals surface area contributed by atoms with Gasteiger partial charge in [0.15, 0.2) is 0 Å². The third-order valence-corrected chi connectivity index (χ3v) is 4.13. The van der Waals surface area contributed by atoms with Gasteiger partial charge < -0.3 is 9.67 Å². The average molecular weight is 288 g/mol. The number of carbonyl (C=O) groups is 1. The Morgan fingerprint density at radius 1 is 1.38 bits per heavy atom. The molecule has 1 unspecified atom stereocenters. The molecule has 0 amide bonds. The predicted octanol–water partition coefficient (Wildman–Crippen LogP) is 4.29. The molecule has 0 aliphatic carbocycles. The summed E-state index contributed by atoms with van der Waals surface area (Å²) in [5.41, 5.74) is 1.88. The highest BCUT2D eigenvalue weighted by Crippen LogP contribution is 2.35. The van der Waals surface area contributed by atoms with Crippen molar-refractivity contribution in [1.29, 1.82) is 0 Å². The van der Waals surface area contributed by atoms with Crippen LogP contribution in [0.3, 0.4) is 0 Å². The van der Waals surface area contributed by atoms with Crippen LogP contribution in [-0.2, 0) is 6.42 Å². The molecule has 1 N–H and O–H groups in total. The lowest BCUT2D eigenvalue weighted by Gasteiger charge is -2.30. The second-order valence-electron chi connectivity index (χ2n) is 6.67. The van der Waals surface area contributed by atoms with Crippen LogP contribution in [-0.4, -0.2) is 20.6 Å². The minimum atomic E-state index is -0.897. The molecular weight excluding hydrogens is 264 g/mol. The number of aromatic carboxylic acids is 1. The maximum atomic E-state index is 11.6. The first kappa shape index (κ1) is 15.5. The minimum Gasteiger partial charge on any atom is -0.478 e. The molecule has 1 atom stereocenters. The maximum Gasteiger partial charge on any atom is 0.337 e. The lowest BCUT2D eigenvalue weighted by Crippen LogP contribution is -2.24. The zero-order chi connectivity index (χ0) is 15.8. The summed E-state index contributed by atoms with van der Waals surface area (Å²) in [5.74, 6) is 0.0783. The first-order valence-corrected chi connectivity index (χ1v) is 7.50. The second-order valence-corrected chi connectivity index (χ2v) is 6.67. The van der Waals surface area contributed by atoms with Gasteiger partial charge in [0.05, 0.1) is 16.6 Å². The summed E-state index contributed by atoms with van der Waals surface area (Å²) in [6.07, 6.45) is 1.84. The molecule has 21 heavy (non-hydrogen) atoms. The van der Waals surface area contributed by atoms with Crippen molar-refractivity contribution in [3.63, 3.8) is 0 Å². The molecular formula is C17H24N2O2. The summed E-state index contributed by atoms with van der Waals surface area (Å²) in [6.45, 7) is 10.8. The SMILES string of the molecule is CCCc1nc2cccc(C(=O)O)c2n1C(C)C(C)(C)C. The molecule has 0 radical (unpaired) electrons. The number of hydrogen-bond donors (Lipinski definition) is 1. The van der Waals surface area contributed by atoms with Gasteiger partial charge in [0.1, 0.15) is 5.82 Å². The van der Waals surface area contributed by atoms with Crippen molar-refractivity contribution in [2.75, 3.05) is 0 Å². The van der Waals surface area contributed by atoms with Crippen molar-refractivity contribution in [3.8, 4) is 0 Å². The lowest BCUT2D eigenvalue weighted by molar-refractivity contribution is 0.0698. The molecule has 4 nitrogen and oxygen atoms in total. The largest absolute Gasteiger partial charge is 0.478 e. The number of imidazole rings is 1. The summed E-state index contributed by atoms with van der Waals surface area (Å²) in [6, 6.07) is 5.49. The predicted molar refractivity (Wildman–Crippen MR) is 84.9 cm³/mol. The molecule has 0 spiro atoms. The highest BCUT2D eigenvalue weighted by Gasteiger charge is 2.27. The van der Waals surface area contributed by atoms with Crippen molar-refractivity contribution in [2.24, 2.45) is 5.41 Å². The number of aromatic nitrogens is 2. The van der Waals surface area contributed by atoms with Crippen molar-refractivity contribution >= 4 is 17.0 Å². The van der Waals surface area contributed by atoms with E-state index in [-0.39, 0.29) is 11.5 Å². The Morgan fingerprint density at radius 3 is 2.57 bits per heavy atom.